The maximum Gasteiger partial charge on any atom is 0.253 e. The first-order chi connectivity index (χ1) is 9.47. The van der Waals surface area contributed by atoms with Crippen molar-refractivity contribution in [3.05, 3.63) is 63.6 Å². The number of benzene rings is 2. The van der Waals surface area contributed by atoms with Crippen LogP contribution in [-0.2, 0) is 6.54 Å². The number of hydrogen-bond donors (Lipinski definition) is 1. The van der Waals surface area contributed by atoms with Crippen LogP contribution >= 0.6 is 15.9 Å². The molecule has 0 aliphatic rings. The summed E-state index contributed by atoms with van der Waals surface area (Å²) < 4.78 is 0.932. The fourth-order valence-electron chi connectivity index (χ4n) is 1.89. The normalized spacial score (nSPS) is 10.3. The van der Waals surface area contributed by atoms with Crippen LogP contribution in [0.2, 0.25) is 0 Å². The summed E-state index contributed by atoms with van der Waals surface area (Å²) in [5.41, 5.74) is 2.73. The lowest BCUT2D eigenvalue weighted by Crippen LogP contribution is -2.26. The Hall–Kier alpha value is -1.81. The third-order valence-corrected chi connectivity index (χ3v) is 3.98. The highest BCUT2D eigenvalue weighted by Gasteiger charge is 2.13. The smallest absolute Gasteiger partial charge is 0.253 e. The van der Waals surface area contributed by atoms with Crippen LogP contribution in [0.5, 0.6) is 5.75 Å². The van der Waals surface area contributed by atoms with Crippen LogP contribution in [0.4, 0.5) is 0 Å². The van der Waals surface area contributed by atoms with Crippen LogP contribution in [0.25, 0.3) is 0 Å². The number of nitrogens with zero attached hydrogens (tertiary/aromatic N) is 1. The lowest BCUT2D eigenvalue weighted by atomic mass is 10.1. The molecule has 0 aliphatic carbocycles. The largest absolute Gasteiger partial charge is 0.508 e. The van der Waals surface area contributed by atoms with Crippen LogP contribution in [0.3, 0.4) is 0 Å². The van der Waals surface area contributed by atoms with Crippen molar-refractivity contribution in [1.82, 2.24) is 4.90 Å². The van der Waals surface area contributed by atoms with Crippen molar-refractivity contribution in [2.75, 3.05) is 7.05 Å². The second-order valence-corrected chi connectivity index (χ2v) is 5.65. The molecule has 2 aromatic rings. The summed E-state index contributed by atoms with van der Waals surface area (Å²) in [7, 11) is 1.77. The number of carbonyl (C=O) groups is 1. The van der Waals surface area contributed by atoms with Crippen LogP contribution in [0.1, 0.15) is 21.5 Å². The molecule has 0 heterocycles. The van der Waals surface area contributed by atoms with E-state index in [1.54, 1.807) is 24.1 Å². The molecule has 3 nitrogen and oxygen atoms in total. The van der Waals surface area contributed by atoms with Gasteiger partial charge in [-0.2, -0.15) is 0 Å². The number of rotatable bonds is 3. The lowest BCUT2D eigenvalue weighted by Gasteiger charge is -2.18. The van der Waals surface area contributed by atoms with Crippen molar-refractivity contribution in [2.45, 2.75) is 13.5 Å². The van der Waals surface area contributed by atoms with Gasteiger partial charge in [-0.05, 0) is 42.3 Å². The van der Waals surface area contributed by atoms with Crippen molar-refractivity contribution in [1.29, 1.82) is 0 Å². The summed E-state index contributed by atoms with van der Waals surface area (Å²) in [4.78, 5) is 14.0. The monoisotopic (exact) mass is 333 g/mol. The molecule has 0 saturated carbocycles. The number of aryl methyl sites for hydroxylation is 1. The van der Waals surface area contributed by atoms with Gasteiger partial charge in [0.1, 0.15) is 5.75 Å². The van der Waals surface area contributed by atoms with E-state index in [0.717, 1.165) is 15.6 Å². The number of carbonyl (C=O) groups excluding carboxylic acids is 1. The van der Waals surface area contributed by atoms with E-state index in [2.05, 4.69) is 15.9 Å². The Labute approximate surface area is 127 Å². The van der Waals surface area contributed by atoms with Crippen LogP contribution < -0.4 is 0 Å². The third kappa shape index (κ3) is 3.39. The number of amides is 1. The van der Waals surface area contributed by atoms with E-state index >= 15 is 0 Å². The zero-order valence-electron chi connectivity index (χ0n) is 11.4. The zero-order chi connectivity index (χ0) is 14.7. The first-order valence-corrected chi connectivity index (χ1v) is 7.06. The molecular weight excluding hydrogens is 318 g/mol. The summed E-state index contributed by atoms with van der Waals surface area (Å²) in [5.74, 6) is 0.198. The molecule has 0 saturated heterocycles. The fourth-order valence-corrected chi connectivity index (χ4v) is 2.27. The minimum Gasteiger partial charge on any atom is -0.508 e. The summed E-state index contributed by atoms with van der Waals surface area (Å²) in [6.45, 7) is 2.49. The maximum atomic E-state index is 12.3. The Bertz CT molecular complexity index is 623. The van der Waals surface area contributed by atoms with Crippen molar-refractivity contribution >= 4 is 21.8 Å². The Morgan fingerprint density at radius 1 is 1.20 bits per heavy atom. The third-order valence-electron chi connectivity index (χ3n) is 3.12. The number of hydrogen-bond acceptors (Lipinski definition) is 2. The first-order valence-electron chi connectivity index (χ1n) is 6.27. The quantitative estimate of drug-likeness (QED) is 0.929. The molecule has 0 unspecified atom stereocenters. The number of aromatic hydroxyl groups is 1. The molecular formula is C16H16BrNO2. The van der Waals surface area contributed by atoms with E-state index < -0.39 is 0 Å². The molecule has 0 aliphatic heterocycles. The topological polar surface area (TPSA) is 40.5 Å². The predicted octanol–water partition coefficient (Wildman–Crippen LogP) is 3.74. The molecule has 0 aromatic heterocycles. The molecule has 0 spiro atoms. The molecule has 2 rings (SSSR count). The van der Waals surface area contributed by atoms with Gasteiger partial charge in [-0.3, -0.25) is 4.79 Å². The molecule has 104 valence electrons. The van der Waals surface area contributed by atoms with E-state index in [4.69, 9.17) is 0 Å². The van der Waals surface area contributed by atoms with E-state index in [1.807, 2.05) is 37.3 Å². The SMILES string of the molecule is Cc1ccc(C(=O)N(C)Cc2ccc(O)cc2)cc1Br. The van der Waals surface area contributed by atoms with E-state index in [1.165, 1.54) is 0 Å². The maximum absolute atomic E-state index is 12.3. The van der Waals surface area contributed by atoms with Gasteiger partial charge in [0.05, 0.1) is 0 Å². The summed E-state index contributed by atoms with van der Waals surface area (Å²) >= 11 is 3.44. The van der Waals surface area contributed by atoms with E-state index in [0.29, 0.717) is 12.1 Å². The highest BCUT2D eigenvalue weighted by Crippen LogP contribution is 2.19. The number of phenolic OH excluding ortho intramolecular Hbond substituents is 1. The Morgan fingerprint density at radius 3 is 2.45 bits per heavy atom. The van der Waals surface area contributed by atoms with Crippen molar-refractivity contribution in [3.63, 3.8) is 0 Å². The van der Waals surface area contributed by atoms with Gasteiger partial charge >= 0.3 is 0 Å². The molecule has 0 fully saturated rings. The first kappa shape index (κ1) is 14.6. The summed E-state index contributed by atoms with van der Waals surface area (Å²) in [6, 6.07) is 12.5. The number of halogens is 1. The van der Waals surface area contributed by atoms with Crippen molar-refractivity contribution in [3.8, 4) is 5.75 Å². The Balaban J connectivity index is 2.11. The van der Waals surface area contributed by atoms with Gasteiger partial charge in [-0.15, -0.1) is 0 Å². The predicted molar refractivity (Wildman–Crippen MR) is 82.8 cm³/mol. The Morgan fingerprint density at radius 2 is 1.85 bits per heavy atom. The van der Waals surface area contributed by atoms with Gasteiger partial charge in [0.25, 0.3) is 5.91 Å². The molecule has 0 bridgehead atoms. The molecule has 1 N–H and O–H groups in total. The molecule has 0 atom stereocenters. The van der Waals surface area contributed by atoms with Gasteiger partial charge in [0, 0.05) is 23.6 Å². The minimum atomic E-state index is -0.0289. The average Bonchev–Trinajstić information content (AvgIpc) is 2.43. The standard InChI is InChI=1S/C16H16BrNO2/c1-11-3-6-13(9-15(11)17)16(20)18(2)10-12-4-7-14(19)8-5-12/h3-9,19H,10H2,1-2H3. The molecule has 0 radical (unpaired) electrons. The van der Waals surface area contributed by atoms with Gasteiger partial charge in [-0.1, -0.05) is 34.1 Å². The fraction of sp³-hybridized carbons (Fsp3) is 0.188. The average molecular weight is 334 g/mol. The summed E-state index contributed by atoms with van der Waals surface area (Å²) in [6.07, 6.45) is 0. The minimum absolute atomic E-state index is 0.0289. The van der Waals surface area contributed by atoms with Crippen LogP contribution in [-0.4, -0.2) is 23.0 Å². The van der Waals surface area contributed by atoms with Gasteiger partial charge < -0.3 is 10.0 Å². The number of phenols is 1. The zero-order valence-corrected chi connectivity index (χ0v) is 13.0. The molecule has 2 aromatic carbocycles. The molecule has 20 heavy (non-hydrogen) atoms. The van der Waals surface area contributed by atoms with Gasteiger partial charge in [-0.25, -0.2) is 0 Å². The van der Waals surface area contributed by atoms with Crippen LogP contribution in [0.15, 0.2) is 46.9 Å². The summed E-state index contributed by atoms with van der Waals surface area (Å²) in [5, 5.41) is 9.25. The highest BCUT2D eigenvalue weighted by atomic mass is 79.9. The highest BCUT2D eigenvalue weighted by molar-refractivity contribution is 9.10. The lowest BCUT2D eigenvalue weighted by molar-refractivity contribution is 0.0785. The van der Waals surface area contributed by atoms with Crippen molar-refractivity contribution < 1.29 is 9.90 Å². The molecule has 1 amide bonds. The Kier molecular flexibility index (Phi) is 4.45. The second kappa shape index (κ2) is 6.09. The second-order valence-electron chi connectivity index (χ2n) is 4.79. The van der Waals surface area contributed by atoms with Crippen molar-refractivity contribution in [2.24, 2.45) is 0 Å². The molecule has 4 heteroatoms. The van der Waals surface area contributed by atoms with Gasteiger partial charge in [0.15, 0.2) is 0 Å². The van der Waals surface area contributed by atoms with Crippen LogP contribution in [0, 0.1) is 6.92 Å². The van der Waals surface area contributed by atoms with E-state index in [9.17, 15) is 9.90 Å². The van der Waals surface area contributed by atoms with Gasteiger partial charge in [0.2, 0.25) is 0 Å². The van der Waals surface area contributed by atoms with E-state index in [-0.39, 0.29) is 11.7 Å².